The zero-order valence-electron chi connectivity index (χ0n) is 15.5. The van der Waals surface area contributed by atoms with Gasteiger partial charge >= 0.3 is 0 Å². The molecule has 26 heavy (non-hydrogen) atoms. The standard InChI is InChI=1S/C21H25FN2O2/c1-4-24(18-8-6-5-7-9-18)20(26)21(2,3)19(25)23-15-14-16-10-12-17(22)13-11-16/h5-13H,4,14-15H2,1-3H3,(H,23,25). The van der Waals surface area contributed by atoms with Crippen molar-refractivity contribution in [2.75, 3.05) is 18.0 Å². The molecule has 138 valence electrons. The third kappa shape index (κ3) is 4.69. The van der Waals surface area contributed by atoms with Crippen molar-refractivity contribution in [2.24, 2.45) is 5.41 Å². The second-order valence-electron chi connectivity index (χ2n) is 6.64. The monoisotopic (exact) mass is 356 g/mol. The first-order valence-corrected chi connectivity index (χ1v) is 8.76. The molecule has 0 heterocycles. The molecular formula is C21H25FN2O2. The highest BCUT2D eigenvalue weighted by molar-refractivity contribution is 6.11. The van der Waals surface area contributed by atoms with E-state index in [0.717, 1.165) is 11.3 Å². The van der Waals surface area contributed by atoms with Gasteiger partial charge in [0.05, 0.1) is 0 Å². The lowest BCUT2D eigenvalue weighted by Gasteiger charge is -2.30. The number of benzene rings is 2. The highest BCUT2D eigenvalue weighted by Gasteiger charge is 2.39. The van der Waals surface area contributed by atoms with E-state index in [0.29, 0.717) is 19.5 Å². The van der Waals surface area contributed by atoms with Crippen LogP contribution in [0.15, 0.2) is 54.6 Å². The highest BCUT2D eigenvalue weighted by Crippen LogP contribution is 2.24. The van der Waals surface area contributed by atoms with Crippen LogP contribution in [0.5, 0.6) is 0 Å². The lowest BCUT2D eigenvalue weighted by Crippen LogP contribution is -2.50. The summed E-state index contributed by atoms with van der Waals surface area (Å²) in [5, 5.41) is 2.82. The van der Waals surface area contributed by atoms with Crippen molar-refractivity contribution in [1.29, 1.82) is 0 Å². The van der Waals surface area contributed by atoms with Crippen molar-refractivity contribution in [3.8, 4) is 0 Å². The Morgan fingerprint density at radius 3 is 2.23 bits per heavy atom. The van der Waals surface area contributed by atoms with E-state index in [1.165, 1.54) is 12.1 Å². The first-order chi connectivity index (χ1) is 12.4. The molecule has 0 aliphatic carbocycles. The van der Waals surface area contributed by atoms with Crippen molar-refractivity contribution in [1.82, 2.24) is 5.32 Å². The van der Waals surface area contributed by atoms with Crippen LogP contribution in [0.4, 0.5) is 10.1 Å². The Bertz CT molecular complexity index is 742. The van der Waals surface area contributed by atoms with Crippen LogP contribution in [-0.2, 0) is 16.0 Å². The van der Waals surface area contributed by atoms with Crippen molar-refractivity contribution in [3.05, 3.63) is 66.0 Å². The van der Waals surface area contributed by atoms with Crippen LogP contribution in [0.3, 0.4) is 0 Å². The molecular weight excluding hydrogens is 331 g/mol. The Hall–Kier alpha value is -2.69. The molecule has 0 saturated carbocycles. The molecule has 0 atom stereocenters. The fraction of sp³-hybridized carbons (Fsp3) is 0.333. The van der Waals surface area contributed by atoms with Gasteiger partial charge < -0.3 is 10.2 Å². The first-order valence-electron chi connectivity index (χ1n) is 8.76. The largest absolute Gasteiger partial charge is 0.355 e. The molecule has 1 N–H and O–H groups in total. The second kappa shape index (κ2) is 8.61. The molecule has 0 unspecified atom stereocenters. The molecule has 0 aromatic heterocycles. The summed E-state index contributed by atoms with van der Waals surface area (Å²) in [6, 6.07) is 15.5. The van der Waals surface area contributed by atoms with Crippen LogP contribution in [0.1, 0.15) is 26.3 Å². The summed E-state index contributed by atoms with van der Waals surface area (Å²) in [5.41, 5.74) is 0.511. The summed E-state index contributed by atoms with van der Waals surface area (Å²) < 4.78 is 12.9. The quantitative estimate of drug-likeness (QED) is 0.771. The fourth-order valence-corrected chi connectivity index (χ4v) is 2.68. The van der Waals surface area contributed by atoms with Crippen LogP contribution in [0.2, 0.25) is 0 Å². The van der Waals surface area contributed by atoms with E-state index in [1.54, 1.807) is 30.9 Å². The van der Waals surface area contributed by atoms with Gasteiger partial charge in [-0.2, -0.15) is 0 Å². The smallest absolute Gasteiger partial charge is 0.242 e. The summed E-state index contributed by atoms with van der Waals surface area (Å²) in [6.07, 6.45) is 0.576. The molecule has 0 spiro atoms. The van der Waals surface area contributed by atoms with Gasteiger partial charge in [0.15, 0.2) is 0 Å². The molecule has 0 bridgehead atoms. The minimum absolute atomic E-state index is 0.245. The van der Waals surface area contributed by atoms with Crippen LogP contribution < -0.4 is 10.2 Å². The summed E-state index contributed by atoms with van der Waals surface area (Å²) in [4.78, 5) is 27.1. The van der Waals surface area contributed by atoms with Crippen molar-refractivity contribution in [2.45, 2.75) is 27.2 Å². The molecule has 2 amide bonds. The number of rotatable bonds is 7. The van der Waals surface area contributed by atoms with E-state index in [9.17, 15) is 14.0 Å². The minimum atomic E-state index is -1.19. The van der Waals surface area contributed by atoms with Gasteiger partial charge in [-0.1, -0.05) is 30.3 Å². The number of amides is 2. The number of nitrogens with one attached hydrogen (secondary N) is 1. The van der Waals surface area contributed by atoms with E-state index in [2.05, 4.69) is 5.32 Å². The zero-order chi connectivity index (χ0) is 19.2. The van der Waals surface area contributed by atoms with Gasteiger partial charge in [0.2, 0.25) is 11.8 Å². The average molecular weight is 356 g/mol. The molecule has 2 aromatic carbocycles. The number of nitrogens with zero attached hydrogens (tertiary/aromatic N) is 1. The topological polar surface area (TPSA) is 49.4 Å². The van der Waals surface area contributed by atoms with E-state index >= 15 is 0 Å². The fourth-order valence-electron chi connectivity index (χ4n) is 2.68. The number of anilines is 1. The number of carbonyl (C=O) groups excluding carboxylic acids is 2. The number of hydrogen-bond donors (Lipinski definition) is 1. The summed E-state index contributed by atoms with van der Waals surface area (Å²) in [6.45, 7) is 6.02. The van der Waals surface area contributed by atoms with Gasteiger partial charge in [-0.25, -0.2) is 4.39 Å². The van der Waals surface area contributed by atoms with Crippen molar-refractivity contribution >= 4 is 17.5 Å². The van der Waals surface area contributed by atoms with E-state index < -0.39 is 5.41 Å². The number of carbonyl (C=O) groups is 2. The minimum Gasteiger partial charge on any atom is -0.355 e. The van der Waals surface area contributed by atoms with E-state index in [-0.39, 0.29) is 17.6 Å². The van der Waals surface area contributed by atoms with Crippen molar-refractivity contribution < 1.29 is 14.0 Å². The molecule has 5 heteroatoms. The zero-order valence-corrected chi connectivity index (χ0v) is 15.5. The van der Waals surface area contributed by atoms with Gasteiger partial charge in [0, 0.05) is 18.8 Å². The SMILES string of the molecule is CCN(C(=O)C(C)(C)C(=O)NCCc1ccc(F)cc1)c1ccccc1. The van der Waals surface area contributed by atoms with Crippen LogP contribution in [-0.4, -0.2) is 24.9 Å². The van der Waals surface area contributed by atoms with E-state index in [1.807, 2.05) is 37.3 Å². The van der Waals surface area contributed by atoms with Crippen molar-refractivity contribution in [3.63, 3.8) is 0 Å². The van der Waals surface area contributed by atoms with Crippen LogP contribution in [0, 0.1) is 11.2 Å². The maximum Gasteiger partial charge on any atom is 0.242 e. The maximum atomic E-state index is 12.9. The van der Waals surface area contributed by atoms with Crippen LogP contribution in [0.25, 0.3) is 0 Å². The predicted octanol–water partition coefficient (Wildman–Crippen LogP) is 3.56. The molecule has 0 saturated heterocycles. The van der Waals surface area contributed by atoms with Gasteiger partial charge in [0.25, 0.3) is 0 Å². The Morgan fingerprint density at radius 1 is 1.04 bits per heavy atom. The summed E-state index contributed by atoms with van der Waals surface area (Å²) >= 11 is 0. The van der Waals surface area contributed by atoms with Gasteiger partial charge in [-0.3, -0.25) is 9.59 Å². The Labute approximate surface area is 154 Å². The summed E-state index contributed by atoms with van der Waals surface area (Å²) in [7, 11) is 0. The normalized spacial score (nSPS) is 11.1. The highest BCUT2D eigenvalue weighted by atomic mass is 19.1. The first kappa shape index (κ1) is 19.6. The third-order valence-electron chi connectivity index (χ3n) is 4.34. The Morgan fingerprint density at radius 2 is 1.65 bits per heavy atom. The third-order valence-corrected chi connectivity index (χ3v) is 4.34. The number of hydrogen-bond acceptors (Lipinski definition) is 2. The van der Waals surface area contributed by atoms with E-state index in [4.69, 9.17) is 0 Å². The molecule has 4 nitrogen and oxygen atoms in total. The Kier molecular flexibility index (Phi) is 6.50. The molecule has 0 aliphatic heterocycles. The number of para-hydroxylation sites is 1. The van der Waals surface area contributed by atoms with Gasteiger partial charge in [-0.05, 0) is 57.0 Å². The Balaban J connectivity index is 1.99. The molecule has 0 aliphatic rings. The maximum absolute atomic E-state index is 12.9. The molecule has 0 fully saturated rings. The summed E-state index contributed by atoms with van der Waals surface area (Å²) in [5.74, 6) is -0.852. The molecule has 2 aromatic rings. The second-order valence-corrected chi connectivity index (χ2v) is 6.64. The lowest BCUT2D eigenvalue weighted by molar-refractivity contribution is -0.139. The molecule has 2 rings (SSSR count). The van der Waals surface area contributed by atoms with Gasteiger partial charge in [-0.15, -0.1) is 0 Å². The lowest BCUT2D eigenvalue weighted by atomic mass is 9.90. The van der Waals surface area contributed by atoms with Crippen LogP contribution >= 0.6 is 0 Å². The number of halogens is 1. The average Bonchev–Trinajstić information content (AvgIpc) is 2.64. The van der Waals surface area contributed by atoms with Gasteiger partial charge in [0.1, 0.15) is 11.2 Å². The predicted molar refractivity (Wildman–Crippen MR) is 101 cm³/mol. The molecule has 0 radical (unpaired) electrons.